The molecule has 0 fully saturated rings. The second-order valence-electron chi connectivity index (χ2n) is 3.31. The van der Waals surface area contributed by atoms with Gasteiger partial charge in [0.1, 0.15) is 0 Å². The van der Waals surface area contributed by atoms with Gasteiger partial charge in [-0.1, -0.05) is 31.9 Å². The van der Waals surface area contributed by atoms with E-state index in [0.29, 0.717) is 0 Å². The Morgan fingerprint density at radius 2 is 1.76 bits per heavy atom. The number of rotatable bonds is 2. The summed E-state index contributed by atoms with van der Waals surface area (Å²) in [5.74, 6) is 0. The molecule has 1 heterocycles. The van der Waals surface area contributed by atoms with E-state index in [2.05, 4.69) is 111 Å². The highest BCUT2D eigenvalue weighted by atomic mass is 127. The minimum absolute atomic E-state index is 0.198. The summed E-state index contributed by atoms with van der Waals surface area (Å²) in [5, 5.41) is 0. The van der Waals surface area contributed by atoms with Crippen LogP contribution in [0.15, 0.2) is 36.3 Å². The lowest BCUT2D eigenvalue weighted by Crippen LogP contribution is -1.95. The maximum absolute atomic E-state index is 3.77. The quantitative estimate of drug-likeness (QED) is 0.249. The van der Waals surface area contributed by atoms with Crippen LogP contribution < -0.4 is 0 Å². The molecule has 6 heteroatoms. The second kappa shape index (κ2) is 6.35. The molecule has 0 N–H and O–H groups in total. The van der Waals surface area contributed by atoms with Crippen LogP contribution in [-0.4, -0.2) is 0 Å². The van der Waals surface area contributed by atoms with Crippen LogP contribution in [0.5, 0.6) is 0 Å². The molecule has 2 rings (SSSR count). The molecule has 17 heavy (non-hydrogen) atoms. The maximum atomic E-state index is 3.77. The Bertz CT molecular complexity index is 552. The number of hydrogen-bond donors (Lipinski definition) is 0. The molecule has 0 aliphatic carbocycles. The molecule has 1 aromatic heterocycles. The Hall–Kier alpha value is 1.57. The minimum Gasteiger partial charge on any atom is -0.121 e. The fourth-order valence-corrected chi connectivity index (χ4v) is 6.96. The van der Waals surface area contributed by atoms with E-state index < -0.39 is 0 Å². The van der Waals surface area contributed by atoms with Gasteiger partial charge in [0.15, 0.2) is 0 Å². The topological polar surface area (TPSA) is 0 Å². The third-order valence-corrected chi connectivity index (χ3v) is 7.04. The Morgan fingerprint density at radius 3 is 2.35 bits per heavy atom. The van der Waals surface area contributed by atoms with E-state index in [1.54, 1.807) is 11.3 Å². The maximum Gasteiger partial charge on any atom is 0.0757 e. The molecular weight excluding hydrogens is 611 g/mol. The Morgan fingerprint density at radius 1 is 1.06 bits per heavy atom. The molecule has 0 saturated carbocycles. The third kappa shape index (κ3) is 3.56. The van der Waals surface area contributed by atoms with Crippen molar-refractivity contribution in [1.29, 1.82) is 0 Å². The summed E-state index contributed by atoms with van der Waals surface area (Å²) in [5.41, 5.74) is 2.52. The van der Waals surface area contributed by atoms with Crippen molar-refractivity contribution in [2.75, 3.05) is 0 Å². The molecule has 0 spiro atoms. The first-order valence-corrected chi connectivity index (χ1v) is 9.72. The summed E-state index contributed by atoms with van der Waals surface area (Å²) in [6.07, 6.45) is 0. The third-order valence-electron chi connectivity index (χ3n) is 2.19. The Kier molecular flexibility index (Phi) is 5.59. The molecule has 0 radical (unpaired) electrons. The van der Waals surface area contributed by atoms with Gasteiger partial charge in [-0.2, -0.15) is 0 Å². The summed E-state index contributed by atoms with van der Waals surface area (Å²) in [4.78, 5) is 0.198. The summed E-state index contributed by atoms with van der Waals surface area (Å²) in [7, 11) is 0. The van der Waals surface area contributed by atoms with Gasteiger partial charge in [0, 0.05) is 8.04 Å². The van der Waals surface area contributed by atoms with E-state index in [-0.39, 0.29) is 4.83 Å². The number of thiophene rings is 1. The molecule has 0 bridgehead atoms. The van der Waals surface area contributed by atoms with E-state index >= 15 is 0 Å². The number of benzene rings is 1. The van der Waals surface area contributed by atoms with Crippen molar-refractivity contribution in [2.24, 2.45) is 0 Å². The molecule has 1 atom stereocenters. The van der Waals surface area contributed by atoms with Gasteiger partial charge < -0.3 is 0 Å². The Labute approximate surface area is 151 Å². The predicted octanol–water partition coefficient (Wildman–Crippen LogP) is 7.12. The highest BCUT2D eigenvalue weighted by Crippen LogP contribution is 2.43. The van der Waals surface area contributed by atoms with E-state index in [1.165, 1.54) is 14.7 Å². The zero-order valence-corrected chi connectivity index (χ0v) is 17.5. The van der Waals surface area contributed by atoms with Gasteiger partial charge in [0.2, 0.25) is 0 Å². The van der Waals surface area contributed by atoms with Crippen LogP contribution in [0.25, 0.3) is 0 Å². The molecular formula is C11H5Br4IS. The molecule has 0 nitrogen and oxygen atoms in total. The van der Waals surface area contributed by atoms with E-state index in [4.69, 9.17) is 0 Å². The smallest absolute Gasteiger partial charge is 0.0757 e. The van der Waals surface area contributed by atoms with Crippen LogP contribution >= 0.6 is 97.6 Å². The fraction of sp³-hybridized carbons (Fsp3) is 0.0909. The molecule has 0 saturated heterocycles. The summed E-state index contributed by atoms with van der Waals surface area (Å²) in [6.45, 7) is 0. The monoisotopic (exact) mass is 612 g/mol. The van der Waals surface area contributed by atoms with Crippen LogP contribution in [0.4, 0.5) is 0 Å². The molecule has 1 aromatic carbocycles. The lowest BCUT2D eigenvalue weighted by molar-refractivity contribution is 1.16. The SMILES string of the molecule is Brc1ccc(I)c(C(Br)c2cc(Br)sc2Br)c1. The summed E-state index contributed by atoms with van der Waals surface area (Å²) in [6, 6.07) is 8.47. The number of alkyl halides is 1. The van der Waals surface area contributed by atoms with Crippen molar-refractivity contribution in [1.82, 2.24) is 0 Å². The Balaban J connectivity index is 2.46. The largest absolute Gasteiger partial charge is 0.121 e. The van der Waals surface area contributed by atoms with Crippen molar-refractivity contribution in [3.8, 4) is 0 Å². The molecule has 1 unspecified atom stereocenters. The first kappa shape index (κ1) is 15.0. The average Bonchev–Trinajstić information content (AvgIpc) is 2.60. The summed E-state index contributed by atoms with van der Waals surface area (Å²) >= 11 is 18.5. The van der Waals surface area contributed by atoms with E-state index in [1.807, 2.05) is 0 Å². The van der Waals surface area contributed by atoms with Crippen LogP contribution in [-0.2, 0) is 0 Å². The van der Waals surface area contributed by atoms with Crippen molar-refractivity contribution in [2.45, 2.75) is 4.83 Å². The standard InChI is InChI=1S/C11H5Br4IS/c12-5-1-2-8(16)6(3-5)10(14)7-4-9(13)17-11(7)15/h1-4,10H. The van der Waals surface area contributed by atoms with Crippen LogP contribution in [0.2, 0.25) is 0 Å². The van der Waals surface area contributed by atoms with Gasteiger partial charge in [-0.3, -0.25) is 0 Å². The molecule has 0 amide bonds. The van der Waals surface area contributed by atoms with E-state index in [9.17, 15) is 0 Å². The van der Waals surface area contributed by atoms with Crippen molar-refractivity contribution >= 4 is 97.6 Å². The molecule has 90 valence electrons. The first-order valence-electron chi connectivity index (χ1n) is 4.53. The normalized spacial score (nSPS) is 12.8. The van der Waals surface area contributed by atoms with Crippen LogP contribution in [0.3, 0.4) is 0 Å². The van der Waals surface area contributed by atoms with Crippen LogP contribution in [0.1, 0.15) is 16.0 Å². The zero-order chi connectivity index (χ0) is 12.6. The van der Waals surface area contributed by atoms with Gasteiger partial charge in [0.25, 0.3) is 0 Å². The van der Waals surface area contributed by atoms with Crippen molar-refractivity contribution in [3.05, 3.63) is 51.0 Å². The molecule has 2 aromatic rings. The van der Waals surface area contributed by atoms with Crippen molar-refractivity contribution in [3.63, 3.8) is 0 Å². The van der Waals surface area contributed by atoms with E-state index in [0.717, 1.165) is 12.0 Å². The molecule has 0 aliphatic rings. The number of hydrogen-bond acceptors (Lipinski definition) is 1. The zero-order valence-electron chi connectivity index (χ0n) is 8.18. The highest BCUT2D eigenvalue weighted by Gasteiger charge is 2.18. The second-order valence-corrected chi connectivity index (χ2v) is 10.1. The van der Waals surface area contributed by atoms with Gasteiger partial charge in [-0.15, -0.1) is 11.3 Å². The van der Waals surface area contributed by atoms with Crippen LogP contribution in [0, 0.1) is 3.57 Å². The number of halogens is 5. The van der Waals surface area contributed by atoms with Gasteiger partial charge in [-0.25, -0.2) is 0 Å². The summed E-state index contributed by atoms with van der Waals surface area (Å²) < 4.78 is 4.64. The fourth-order valence-electron chi connectivity index (χ4n) is 1.40. The van der Waals surface area contributed by atoms with Crippen molar-refractivity contribution < 1.29 is 0 Å². The highest BCUT2D eigenvalue weighted by molar-refractivity contribution is 14.1. The molecule has 0 aliphatic heterocycles. The minimum atomic E-state index is 0.198. The predicted molar refractivity (Wildman–Crippen MR) is 97.3 cm³/mol. The first-order chi connectivity index (χ1) is 7.99. The van der Waals surface area contributed by atoms with Gasteiger partial charge in [0.05, 0.1) is 12.4 Å². The lowest BCUT2D eigenvalue weighted by Gasteiger charge is -2.12. The average molecular weight is 616 g/mol. The lowest BCUT2D eigenvalue weighted by atomic mass is 10.1. The van der Waals surface area contributed by atoms with Gasteiger partial charge in [-0.05, 0) is 89.8 Å². The van der Waals surface area contributed by atoms with Gasteiger partial charge >= 0.3 is 0 Å².